The summed E-state index contributed by atoms with van der Waals surface area (Å²) in [6.07, 6.45) is 0.880. The maximum atomic E-state index is 13.1. The van der Waals surface area contributed by atoms with Crippen LogP contribution in [0.15, 0.2) is 23.1 Å². The molecule has 0 aliphatic heterocycles. The predicted molar refractivity (Wildman–Crippen MR) is 75.8 cm³/mol. The number of nitrogens with one attached hydrogen (secondary N) is 1. The fraction of sp³-hybridized carbons (Fsp3) is 0.538. The van der Waals surface area contributed by atoms with E-state index in [0.717, 1.165) is 18.6 Å². The number of halogens is 2. The van der Waals surface area contributed by atoms with E-state index < -0.39 is 15.7 Å². The molecule has 0 aromatic heterocycles. The molecule has 3 nitrogen and oxygen atoms in total. The number of hydrogen-bond donors (Lipinski definition) is 1. The van der Waals surface area contributed by atoms with Gasteiger partial charge in [0.15, 0.2) is 9.84 Å². The van der Waals surface area contributed by atoms with Crippen LogP contribution in [0, 0.1) is 11.7 Å². The highest BCUT2D eigenvalue weighted by Gasteiger charge is 2.24. The van der Waals surface area contributed by atoms with Crippen LogP contribution in [0.5, 0.6) is 0 Å². The van der Waals surface area contributed by atoms with Crippen LogP contribution in [0.3, 0.4) is 0 Å². The van der Waals surface area contributed by atoms with E-state index >= 15 is 0 Å². The third kappa shape index (κ3) is 4.16. The molecule has 0 aliphatic rings. The molecule has 0 fully saturated rings. The normalized spacial score (nSPS) is 15.2. The second-order valence-corrected chi connectivity index (χ2v) is 7.08. The monoisotopic (exact) mass is 307 g/mol. The molecule has 0 amide bonds. The highest BCUT2D eigenvalue weighted by Crippen LogP contribution is 2.22. The lowest BCUT2D eigenvalue weighted by Crippen LogP contribution is -2.38. The fourth-order valence-corrected chi connectivity index (χ4v) is 3.80. The van der Waals surface area contributed by atoms with Gasteiger partial charge in [-0.25, -0.2) is 12.8 Å². The van der Waals surface area contributed by atoms with Gasteiger partial charge in [0.05, 0.1) is 15.7 Å². The van der Waals surface area contributed by atoms with Crippen molar-refractivity contribution < 1.29 is 12.8 Å². The first-order valence-electron chi connectivity index (χ1n) is 6.17. The minimum absolute atomic E-state index is 0.0273. The van der Waals surface area contributed by atoms with Gasteiger partial charge in [-0.2, -0.15) is 0 Å². The zero-order valence-corrected chi connectivity index (χ0v) is 12.9. The van der Waals surface area contributed by atoms with Crippen LogP contribution in [0.25, 0.3) is 0 Å². The van der Waals surface area contributed by atoms with Gasteiger partial charge in [0.25, 0.3) is 0 Å². The van der Waals surface area contributed by atoms with E-state index in [9.17, 15) is 12.8 Å². The Morgan fingerprint density at radius 2 is 2.05 bits per heavy atom. The number of benzene rings is 1. The molecule has 0 saturated carbocycles. The molecule has 2 atom stereocenters. The minimum atomic E-state index is -3.48. The topological polar surface area (TPSA) is 46.2 Å². The summed E-state index contributed by atoms with van der Waals surface area (Å²) in [6, 6.07) is 3.35. The number of sulfone groups is 1. The average molecular weight is 308 g/mol. The van der Waals surface area contributed by atoms with Crippen molar-refractivity contribution in [2.45, 2.75) is 31.2 Å². The van der Waals surface area contributed by atoms with Crippen LogP contribution in [-0.2, 0) is 9.84 Å². The summed E-state index contributed by atoms with van der Waals surface area (Å²) in [6.45, 7) is 4.00. The van der Waals surface area contributed by atoms with Gasteiger partial charge in [-0.05, 0) is 31.2 Å². The molecule has 1 aromatic carbocycles. The van der Waals surface area contributed by atoms with Gasteiger partial charge in [-0.3, -0.25) is 0 Å². The zero-order chi connectivity index (χ0) is 14.6. The Balaban J connectivity index is 3.00. The van der Waals surface area contributed by atoms with E-state index in [1.165, 1.54) is 6.07 Å². The second-order valence-electron chi connectivity index (χ2n) is 4.64. The molecule has 0 spiro atoms. The van der Waals surface area contributed by atoms with Crippen molar-refractivity contribution in [2.24, 2.45) is 5.92 Å². The Labute approximate surface area is 119 Å². The van der Waals surface area contributed by atoms with Crippen molar-refractivity contribution in [3.05, 3.63) is 29.0 Å². The summed E-state index contributed by atoms with van der Waals surface area (Å²) in [5.74, 6) is -0.413. The van der Waals surface area contributed by atoms with Crippen molar-refractivity contribution in [2.75, 3.05) is 12.8 Å². The molecular weight excluding hydrogens is 289 g/mol. The van der Waals surface area contributed by atoms with Crippen LogP contribution in [0.4, 0.5) is 4.39 Å². The highest BCUT2D eigenvalue weighted by atomic mass is 35.5. The van der Waals surface area contributed by atoms with Crippen molar-refractivity contribution in [3.8, 4) is 0 Å². The molecule has 2 unspecified atom stereocenters. The molecule has 0 aliphatic carbocycles. The summed E-state index contributed by atoms with van der Waals surface area (Å²) in [4.78, 5) is 0.0578. The average Bonchev–Trinajstić information content (AvgIpc) is 2.38. The number of rotatable bonds is 6. The van der Waals surface area contributed by atoms with Gasteiger partial charge in [0, 0.05) is 6.04 Å². The fourth-order valence-electron chi connectivity index (χ4n) is 1.82. The molecule has 19 heavy (non-hydrogen) atoms. The molecule has 0 saturated heterocycles. The summed E-state index contributed by atoms with van der Waals surface area (Å²) >= 11 is 5.63. The molecule has 1 rings (SSSR count). The SMILES string of the molecule is CCC(C)C(CS(=O)(=O)c1ccc(F)c(Cl)c1)NC. The van der Waals surface area contributed by atoms with E-state index in [0.29, 0.717) is 0 Å². The lowest BCUT2D eigenvalue weighted by Gasteiger charge is -2.22. The Bertz CT molecular complexity index is 533. The van der Waals surface area contributed by atoms with Crippen molar-refractivity contribution >= 4 is 21.4 Å². The Morgan fingerprint density at radius 1 is 1.42 bits per heavy atom. The maximum Gasteiger partial charge on any atom is 0.179 e. The van der Waals surface area contributed by atoms with Gasteiger partial charge in [-0.15, -0.1) is 0 Å². The molecule has 1 N–H and O–H groups in total. The molecule has 0 bridgehead atoms. The van der Waals surface area contributed by atoms with Crippen LogP contribution >= 0.6 is 11.6 Å². The molecule has 6 heteroatoms. The van der Waals surface area contributed by atoms with Gasteiger partial charge in [0.1, 0.15) is 5.82 Å². The van der Waals surface area contributed by atoms with E-state index in [1.807, 2.05) is 13.8 Å². The van der Waals surface area contributed by atoms with Crippen molar-refractivity contribution in [1.29, 1.82) is 0 Å². The summed E-state index contributed by atoms with van der Waals surface area (Å²) in [7, 11) is -1.74. The van der Waals surface area contributed by atoms with Gasteiger partial charge < -0.3 is 5.32 Å². The lowest BCUT2D eigenvalue weighted by molar-refractivity contribution is 0.414. The number of hydrogen-bond acceptors (Lipinski definition) is 3. The van der Waals surface area contributed by atoms with Crippen LogP contribution in [-0.4, -0.2) is 27.3 Å². The molecule has 0 radical (unpaired) electrons. The zero-order valence-electron chi connectivity index (χ0n) is 11.3. The minimum Gasteiger partial charge on any atom is -0.316 e. The highest BCUT2D eigenvalue weighted by molar-refractivity contribution is 7.91. The largest absolute Gasteiger partial charge is 0.316 e. The third-order valence-corrected chi connectivity index (χ3v) is 5.41. The first-order chi connectivity index (χ1) is 8.81. The second kappa shape index (κ2) is 6.68. The molecule has 108 valence electrons. The van der Waals surface area contributed by atoms with Gasteiger partial charge in [0.2, 0.25) is 0 Å². The van der Waals surface area contributed by atoms with Crippen molar-refractivity contribution in [3.63, 3.8) is 0 Å². The van der Waals surface area contributed by atoms with E-state index in [2.05, 4.69) is 5.32 Å². The van der Waals surface area contributed by atoms with Crippen molar-refractivity contribution in [1.82, 2.24) is 5.32 Å². The first kappa shape index (κ1) is 16.4. The van der Waals surface area contributed by atoms with E-state index in [4.69, 9.17) is 11.6 Å². The van der Waals surface area contributed by atoms with Crippen LogP contribution in [0.1, 0.15) is 20.3 Å². The Kier molecular flexibility index (Phi) is 5.77. The maximum absolute atomic E-state index is 13.1. The van der Waals surface area contributed by atoms with Gasteiger partial charge in [-0.1, -0.05) is 31.9 Å². The summed E-state index contributed by atoms with van der Waals surface area (Å²) in [5.41, 5.74) is 0. The predicted octanol–water partition coefficient (Wildman–Crippen LogP) is 2.89. The summed E-state index contributed by atoms with van der Waals surface area (Å²) in [5, 5.41) is 2.84. The standard InChI is InChI=1S/C13H19ClFNO2S/c1-4-9(2)13(16-3)8-19(17,18)10-5-6-12(15)11(14)7-10/h5-7,9,13,16H,4,8H2,1-3H3. The first-order valence-corrected chi connectivity index (χ1v) is 8.20. The molecule has 1 aromatic rings. The lowest BCUT2D eigenvalue weighted by atomic mass is 10.0. The smallest absolute Gasteiger partial charge is 0.179 e. The van der Waals surface area contributed by atoms with Crippen LogP contribution < -0.4 is 5.32 Å². The quantitative estimate of drug-likeness (QED) is 0.822. The molecular formula is C13H19ClFNO2S. The Hall–Kier alpha value is -0.650. The van der Waals surface area contributed by atoms with Crippen LogP contribution in [0.2, 0.25) is 5.02 Å². The summed E-state index contributed by atoms with van der Waals surface area (Å²) < 4.78 is 37.6. The van der Waals surface area contributed by atoms with E-state index in [-0.39, 0.29) is 27.6 Å². The van der Waals surface area contributed by atoms with E-state index in [1.54, 1.807) is 7.05 Å². The molecule has 0 heterocycles. The van der Waals surface area contributed by atoms with Gasteiger partial charge >= 0.3 is 0 Å². The Morgan fingerprint density at radius 3 is 2.53 bits per heavy atom. The third-order valence-electron chi connectivity index (χ3n) is 3.35.